The summed E-state index contributed by atoms with van der Waals surface area (Å²) in [7, 11) is 0. The number of nitrogens with two attached hydrogens (primary N) is 1. The quantitative estimate of drug-likeness (QED) is 0.868. The number of thioether (sulfide) groups is 1. The molecule has 19 heavy (non-hydrogen) atoms. The van der Waals surface area contributed by atoms with Crippen molar-refractivity contribution in [1.29, 1.82) is 5.26 Å². The highest BCUT2D eigenvalue weighted by atomic mass is 32.2. The van der Waals surface area contributed by atoms with Crippen LogP contribution in [-0.2, 0) is 0 Å². The van der Waals surface area contributed by atoms with Crippen molar-refractivity contribution in [2.24, 2.45) is 0 Å². The summed E-state index contributed by atoms with van der Waals surface area (Å²) in [6.07, 6.45) is 1.11. The molecule has 0 bridgehead atoms. The van der Waals surface area contributed by atoms with E-state index in [2.05, 4.69) is 17.9 Å². The molecule has 0 saturated carbocycles. The molecule has 1 fully saturated rings. The fourth-order valence-corrected chi connectivity index (χ4v) is 4.46. The van der Waals surface area contributed by atoms with E-state index in [9.17, 15) is 10.1 Å². The molecule has 2 heterocycles. The Morgan fingerprint density at radius 1 is 1.63 bits per heavy atom. The minimum atomic E-state index is -0.0660. The van der Waals surface area contributed by atoms with Crippen molar-refractivity contribution in [3.05, 3.63) is 10.4 Å². The number of nitrogens with zero attached hydrogens (tertiary/aromatic N) is 2. The number of ketones is 1. The molecule has 0 aromatic carbocycles. The third-order valence-electron chi connectivity index (χ3n) is 3.24. The van der Waals surface area contributed by atoms with Gasteiger partial charge in [-0.2, -0.15) is 17.0 Å². The largest absolute Gasteiger partial charge is 0.396 e. The molecule has 1 aliphatic rings. The molecule has 1 atom stereocenters. The number of carbonyl (C=O) groups is 1. The molecule has 4 nitrogen and oxygen atoms in total. The lowest BCUT2D eigenvalue weighted by molar-refractivity contribution is 0.102. The van der Waals surface area contributed by atoms with Crippen molar-refractivity contribution in [1.82, 2.24) is 0 Å². The molecule has 102 valence electrons. The summed E-state index contributed by atoms with van der Waals surface area (Å²) in [6, 6.07) is 2.15. The number of nitrogen functional groups attached to an aromatic ring is 1. The Bertz CT molecular complexity index is 533. The first kappa shape index (κ1) is 14.2. The summed E-state index contributed by atoms with van der Waals surface area (Å²) < 4.78 is 0. The fourth-order valence-electron chi connectivity index (χ4n) is 2.17. The number of hydrogen-bond donors (Lipinski definition) is 1. The van der Waals surface area contributed by atoms with Crippen LogP contribution in [0, 0.1) is 11.3 Å². The van der Waals surface area contributed by atoms with Gasteiger partial charge in [0.2, 0.25) is 0 Å². The van der Waals surface area contributed by atoms with Crippen molar-refractivity contribution in [3.8, 4) is 6.07 Å². The monoisotopic (exact) mass is 295 g/mol. The molecule has 0 radical (unpaired) electrons. The van der Waals surface area contributed by atoms with Crippen LogP contribution in [-0.4, -0.2) is 29.9 Å². The number of thiophene rings is 1. The molecular formula is C13H17N3OS2. The fraction of sp³-hybridized carbons (Fsp3) is 0.538. The van der Waals surface area contributed by atoms with E-state index in [0.29, 0.717) is 21.4 Å². The number of rotatable bonds is 3. The van der Waals surface area contributed by atoms with Crippen LogP contribution < -0.4 is 10.6 Å². The minimum Gasteiger partial charge on any atom is -0.396 e. The number of hydrogen-bond acceptors (Lipinski definition) is 6. The van der Waals surface area contributed by atoms with Crippen molar-refractivity contribution >= 4 is 39.6 Å². The van der Waals surface area contributed by atoms with E-state index in [1.54, 1.807) is 0 Å². The summed E-state index contributed by atoms with van der Waals surface area (Å²) in [5, 5.41) is 10.7. The second-order valence-corrected chi connectivity index (χ2v) is 6.95. The lowest BCUT2D eigenvalue weighted by Gasteiger charge is -2.32. The average molecular weight is 295 g/mol. The predicted octanol–water partition coefficient (Wildman–Crippen LogP) is 2.74. The van der Waals surface area contributed by atoms with E-state index < -0.39 is 0 Å². The van der Waals surface area contributed by atoms with Gasteiger partial charge in [0.1, 0.15) is 16.6 Å². The molecule has 6 heteroatoms. The molecule has 1 saturated heterocycles. The standard InChI is InChI=1S/C13H17N3OS2/c1-3-9-7-16(4-5-18-9)13-10(6-14)11(15)12(19-13)8(2)17/h9H,3-5,7,15H2,1-2H3. The maximum Gasteiger partial charge on any atom is 0.171 e. The van der Waals surface area contributed by atoms with Crippen LogP contribution in [0.25, 0.3) is 0 Å². The number of carbonyl (C=O) groups excluding carboxylic acids is 1. The van der Waals surface area contributed by atoms with E-state index in [-0.39, 0.29) is 5.78 Å². The number of anilines is 2. The van der Waals surface area contributed by atoms with Crippen LogP contribution >= 0.6 is 23.1 Å². The second kappa shape index (κ2) is 5.85. The van der Waals surface area contributed by atoms with Gasteiger partial charge in [0.05, 0.1) is 10.6 Å². The van der Waals surface area contributed by atoms with Crippen molar-refractivity contribution in [3.63, 3.8) is 0 Å². The van der Waals surface area contributed by atoms with E-state index in [0.717, 1.165) is 30.3 Å². The van der Waals surface area contributed by atoms with Crippen molar-refractivity contribution in [2.75, 3.05) is 29.5 Å². The van der Waals surface area contributed by atoms with Gasteiger partial charge in [0, 0.05) is 31.0 Å². The highest BCUT2D eigenvalue weighted by Crippen LogP contribution is 2.39. The molecular weight excluding hydrogens is 278 g/mol. The molecule has 2 N–H and O–H groups in total. The molecule has 0 spiro atoms. The lowest BCUT2D eigenvalue weighted by Crippen LogP contribution is -2.37. The predicted molar refractivity (Wildman–Crippen MR) is 82.2 cm³/mol. The van der Waals surface area contributed by atoms with Crippen LogP contribution in [0.4, 0.5) is 10.7 Å². The Morgan fingerprint density at radius 3 is 2.95 bits per heavy atom. The highest BCUT2D eigenvalue weighted by Gasteiger charge is 2.26. The Balaban J connectivity index is 2.36. The van der Waals surface area contributed by atoms with Crippen LogP contribution in [0.15, 0.2) is 0 Å². The second-order valence-electron chi connectivity index (χ2n) is 4.54. The molecule has 1 unspecified atom stereocenters. The molecule has 1 aromatic heterocycles. The van der Waals surface area contributed by atoms with Crippen LogP contribution in [0.1, 0.15) is 35.5 Å². The SMILES string of the molecule is CCC1CN(c2sc(C(C)=O)c(N)c2C#N)CCS1. The van der Waals surface area contributed by atoms with E-state index >= 15 is 0 Å². The summed E-state index contributed by atoms with van der Waals surface area (Å²) in [6.45, 7) is 5.50. The van der Waals surface area contributed by atoms with Crippen molar-refractivity contribution in [2.45, 2.75) is 25.5 Å². The third kappa shape index (κ3) is 2.72. The topological polar surface area (TPSA) is 70.1 Å². The van der Waals surface area contributed by atoms with Crippen LogP contribution in [0.2, 0.25) is 0 Å². The normalized spacial score (nSPS) is 19.2. The van der Waals surface area contributed by atoms with Gasteiger partial charge in [-0.3, -0.25) is 4.79 Å². The first-order valence-corrected chi connectivity index (χ1v) is 8.14. The van der Waals surface area contributed by atoms with Gasteiger partial charge in [-0.1, -0.05) is 6.92 Å². The Kier molecular flexibility index (Phi) is 4.38. The molecule has 1 aliphatic heterocycles. The van der Waals surface area contributed by atoms with E-state index in [1.165, 1.54) is 18.3 Å². The Labute approximate surface area is 121 Å². The van der Waals surface area contributed by atoms with E-state index in [4.69, 9.17) is 5.73 Å². The van der Waals surface area contributed by atoms with Crippen LogP contribution in [0.5, 0.6) is 0 Å². The first-order valence-electron chi connectivity index (χ1n) is 6.28. The molecule has 1 aromatic rings. The number of nitriles is 1. The smallest absolute Gasteiger partial charge is 0.171 e. The van der Waals surface area contributed by atoms with Crippen LogP contribution in [0.3, 0.4) is 0 Å². The molecule has 0 amide bonds. The average Bonchev–Trinajstić information content (AvgIpc) is 2.75. The number of Topliss-reactive ketones (excluding diaryl/α,β-unsaturated/α-hetero) is 1. The molecule has 0 aliphatic carbocycles. The first-order chi connectivity index (χ1) is 9.08. The van der Waals surface area contributed by atoms with Gasteiger partial charge in [0.25, 0.3) is 0 Å². The van der Waals surface area contributed by atoms with Gasteiger partial charge in [-0.15, -0.1) is 11.3 Å². The minimum absolute atomic E-state index is 0.0660. The Morgan fingerprint density at radius 2 is 2.37 bits per heavy atom. The van der Waals surface area contributed by atoms with Gasteiger partial charge >= 0.3 is 0 Å². The summed E-state index contributed by atoms with van der Waals surface area (Å²) in [5.41, 5.74) is 6.74. The molecule has 2 rings (SSSR count). The summed E-state index contributed by atoms with van der Waals surface area (Å²) in [4.78, 5) is 14.3. The van der Waals surface area contributed by atoms with Gasteiger partial charge in [0.15, 0.2) is 5.78 Å². The van der Waals surface area contributed by atoms with Gasteiger partial charge in [-0.25, -0.2) is 0 Å². The maximum absolute atomic E-state index is 11.5. The van der Waals surface area contributed by atoms with Gasteiger partial charge in [-0.05, 0) is 6.42 Å². The Hall–Kier alpha value is -1.19. The van der Waals surface area contributed by atoms with E-state index in [1.807, 2.05) is 11.8 Å². The zero-order valence-corrected chi connectivity index (χ0v) is 12.7. The zero-order chi connectivity index (χ0) is 14.0. The maximum atomic E-state index is 11.5. The van der Waals surface area contributed by atoms with Gasteiger partial charge < -0.3 is 10.6 Å². The summed E-state index contributed by atoms with van der Waals surface area (Å²) in [5.74, 6) is 0.986. The highest BCUT2D eigenvalue weighted by molar-refractivity contribution is 8.00. The van der Waals surface area contributed by atoms with Crippen molar-refractivity contribution < 1.29 is 4.79 Å². The third-order valence-corrected chi connectivity index (χ3v) is 5.98. The lowest BCUT2D eigenvalue weighted by atomic mass is 10.2. The summed E-state index contributed by atoms with van der Waals surface area (Å²) >= 11 is 3.33. The zero-order valence-electron chi connectivity index (χ0n) is 11.1.